The lowest BCUT2D eigenvalue weighted by Crippen LogP contribution is -1.93. The molecular weight excluding hydrogens is 136 g/mol. The number of aliphatic hydroxyl groups is 1. The highest BCUT2D eigenvalue weighted by molar-refractivity contribution is 5.38. The Hall–Kier alpha value is -0.820. The van der Waals surface area contributed by atoms with Gasteiger partial charge >= 0.3 is 0 Å². The summed E-state index contributed by atoms with van der Waals surface area (Å²) in [6, 6.07) is 4.03. The van der Waals surface area contributed by atoms with Crippen LogP contribution in [-0.4, -0.2) is 5.11 Å². The maximum atomic E-state index is 8.93. The van der Waals surface area contributed by atoms with Gasteiger partial charge in [-0.1, -0.05) is 12.1 Å². The van der Waals surface area contributed by atoms with Crippen molar-refractivity contribution < 1.29 is 5.11 Å². The van der Waals surface area contributed by atoms with Crippen LogP contribution in [0.3, 0.4) is 0 Å². The van der Waals surface area contributed by atoms with Crippen molar-refractivity contribution in [3.05, 3.63) is 34.4 Å². The molecule has 0 bridgehead atoms. The van der Waals surface area contributed by atoms with Gasteiger partial charge in [0.05, 0.1) is 6.61 Å². The van der Waals surface area contributed by atoms with Crippen LogP contribution in [0, 0.1) is 20.8 Å². The molecule has 0 aliphatic heterocycles. The third kappa shape index (κ3) is 1.43. The summed E-state index contributed by atoms with van der Waals surface area (Å²) in [5.41, 5.74) is 4.83. The molecule has 0 aliphatic carbocycles. The summed E-state index contributed by atoms with van der Waals surface area (Å²) in [7, 11) is 0. The average molecular weight is 150 g/mol. The molecule has 1 heteroatoms. The minimum atomic E-state index is 0.146. The van der Waals surface area contributed by atoms with Gasteiger partial charge < -0.3 is 5.11 Å². The molecule has 0 aromatic heterocycles. The molecule has 0 spiro atoms. The second kappa shape index (κ2) is 3.05. The number of rotatable bonds is 1. The zero-order valence-corrected chi connectivity index (χ0v) is 7.31. The van der Waals surface area contributed by atoms with Gasteiger partial charge in [0.15, 0.2) is 0 Å². The second-order valence-electron chi connectivity index (χ2n) is 2.95. The fraction of sp³-hybridized carbons (Fsp3) is 0.400. The first-order chi connectivity index (χ1) is 5.16. The van der Waals surface area contributed by atoms with E-state index in [0.717, 1.165) is 5.56 Å². The molecule has 0 atom stereocenters. The topological polar surface area (TPSA) is 20.2 Å². The maximum Gasteiger partial charge on any atom is 0.0684 e. The molecule has 0 unspecified atom stereocenters. The first-order valence-corrected chi connectivity index (χ1v) is 3.83. The van der Waals surface area contributed by atoms with E-state index >= 15 is 0 Å². The van der Waals surface area contributed by atoms with Crippen LogP contribution in [0.1, 0.15) is 22.3 Å². The zero-order valence-electron chi connectivity index (χ0n) is 7.31. The largest absolute Gasteiger partial charge is 0.392 e. The Morgan fingerprint density at radius 1 is 1.09 bits per heavy atom. The van der Waals surface area contributed by atoms with Crippen LogP contribution in [0.25, 0.3) is 0 Å². The minimum absolute atomic E-state index is 0.146. The van der Waals surface area contributed by atoms with Crippen LogP contribution in [-0.2, 0) is 6.61 Å². The molecule has 0 heterocycles. The highest BCUT2D eigenvalue weighted by Crippen LogP contribution is 2.16. The SMILES string of the molecule is Cc1ccc(CO)c(C)c1C. The number of benzene rings is 1. The molecule has 0 fully saturated rings. The van der Waals surface area contributed by atoms with E-state index in [1.54, 1.807) is 0 Å². The van der Waals surface area contributed by atoms with Crippen LogP contribution >= 0.6 is 0 Å². The van der Waals surface area contributed by atoms with E-state index < -0.39 is 0 Å². The van der Waals surface area contributed by atoms with E-state index in [0.29, 0.717) is 0 Å². The van der Waals surface area contributed by atoms with Gasteiger partial charge in [-0.25, -0.2) is 0 Å². The van der Waals surface area contributed by atoms with E-state index in [1.165, 1.54) is 16.7 Å². The smallest absolute Gasteiger partial charge is 0.0684 e. The fourth-order valence-corrected chi connectivity index (χ4v) is 1.18. The lowest BCUT2D eigenvalue weighted by molar-refractivity contribution is 0.281. The summed E-state index contributed by atoms with van der Waals surface area (Å²) in [4.78, 5) is 0. The Kier molecular flexibility index (Phi) is 2.30. The quantitative estimate of drug-likeness (QED) is 0.650. The van der Waals surface area contributed by atoms with Gasteiger partial charge in [0.1, 0.15) is 0 Å². The Bertz CT molecular complexity index is 264. The number of aryl methyl sites for hydroxylation is 1. The van der Waals surface area contributed by atoms with E-state index in [4.69, 9.17) is 5.11 Å². The van der Waals surface area contributed by atoms with Crippen LogP contribution in [0.5, 0.6) is 0 Å². The summed E-state index contributed by atoms with van der Waals surface area (Å²) in [5, 5.41) is 8.93. The first kappa shape index (κ1) is 8.28. The normalized spacial score (nSPS) is 10.2. The molecule has 1 N–H and O–H groups in total. The summed E-state index contributed by atoms with van der Waals surface area (Å²) in [6.07, 6.45) is 0. The molecule has 1 aromatic rings. The lowest BCUT2D eigenvalue weighted by Gasteiger charge is -2.08. The third-order valence-corrected chi connectivity index (χ3v) is 2.34. The van der Waals surface area contributed by atoms with Crippen LogP contribution in [0.15, 0.2) is 12.1 Å². The van der Waals surface area contributed by atoms with Gasteiger partial charge in [-0.2, -0.15) is 0 Å². The zero-order chi connectivity index (χ0) is 8.43. The summed E-state index contributed by atoms with van der Waals surface area (Å²) in [6.45, 7) is 6.37. The van der Waals surface area contributed by atoms with E-state index in [2.05, 4.69) is 13.8 Å². The second-order valence-corrected chi connectivity index (χ2v) is 2.95. The highest BCUT2D eigenvalue weighted by Gasteiger charge is 2.00. The van der Waals surface area contributed by atoms with Gasteiger partial charge in [-0.05, 0) is 43.0 Å². The van der Waals surface area contributed by atoms with Crippen LogP contribution < -0.4 is 0 Å². The molecule has 60 valence electrons. The first-order valence-electron chi connectivity index (χ1n) is 3.83. The van der Waals surface area contributed by atoms with Crippen molar-refractivity contribution >= 4 is 0 Å². The molecule has 0 amide bonds. The molecule has 1 nitrogen and oxygen atoms in total. The Morgan fingerprint density at radius 2 is 1.73 bits per heavy atom. The van der Waals surface area contributed by atoms with Crippen molar-refractivity contribution in [2.75, 3.05) is 0 Å². The van der Waals surface area contributed by atoms with Crippen molar-refractivity contribution in [2.24, 2.45) is 0 Å². The van der Waals surface area contributed by atoms with Crippen molar-refractivity contribution in [3.8, 4) is 0 Å². The molecule has 0 radical (unpaired) electrons. The lowest BCUT2D eigenvalue weighted by atomic mass is 9.99. The number of aliphatic hydroxyl groups excluding tert-OH is 1. The summed E-state index contributed by atoms with van der Waals surface area (Å²) in [5.74, 6) is 0. The van der Waals surface area contributed by atoms with E-state index in [9.17, 15) is 0 Å². The number of hydrogen-bond acceptors (Lipinski definition) is 1. The maximum absolute atomic E-state index is 8.93. The van der Waals surface area contributed by atoms with Gasteiger partial charge in [-0.3, -0.25) is 0 Å². The third-order valence-electron chi connectivity index (χ3n) is 2.34. The average Bonchev–Trinajstić information content (AvgIpc) is 2.01. The Labute approximate surface area is 67.7 Å². The van der Waals surface area contributed by atoms with Gasteiger partial charge in [0, 0.05) is 0 Å². The van der Waals surface area contributed by atoms with Crippen molar-refractivity contribution in [3.63, 3.8) is 0 Å². The van der Waals surface area contributed by atoms with Gasteiger partial charge in [0.25, 0.3) is 0 Å². The molecule has 1 aromatic carbocycles. The van der Waals surface area contributed by atoms with Crippen molar-refractivity contribution in [1.29, 1.82) is 0 Å². The molecule has 0 saturated carbocycles. The Morgan fingerprint density at radius 3 is 2.27 bits per heavy atom. The molecular formula is C10H14O. The molecule has 1 rings (SSSR count). The molecule has 0 aliphatic rings. The molecule has 11 heavy (non-hydrogen) atoms. The van der Waals surface area contributed by atoms with Crippen molar-refractivity contribution in [2.45, 2.75) is 27.4 Å². The van der Waals surface area contributed by atoms with Crippen LogP contribution in [0.2, 0.25) is 0 Å². The van der Waals surface area contributed by atoms with Gasteiger partial charge in [0.2, 0.25) is 0 Å². The standard InChI is InChI=1S/C10H14O/c1-7-4-5-10(6-11)9(3)8(7)2/h4-5,11H,6H2,1-3H3. The van der Waals surface area contributed by atoms with Crippen molar-refractivity contribution in [1.82, 2.24) is 0 Å². The van der Waals surface area contributed by atoms with Gasteiger partial charge in [-0.15, -0.1) is 0 Å². The molecule has 0 saturated heterocycles. The predicted octanol–water partition coefficient (Wildman–Crippen LogP) is 2.10. The summed E-state index contributed by atoms with van der Waals surface area (Å²) >= 11 is 0. The summed E-state index contributed by atoms with van der Waals surface area (Å²) < 4.78 is 0. The minimum Gasteiger partial charge on any atom is -0.392 e. The van der Waals surface area contributed by atoms with Crippen LogP contribution in [0.4, 0.5) is 0 Å². The van der Waals surface area contributed by atoms with E-state index in [1.807, 2.05) is 19.1 Å². The fourth-order valence-electron chi connectivity index (χ4n) is 1.18. The predicted molar refractivity (Wildman–Crippen MR) is 46.6 cm³/mol. The number of hydrogen-bond donors (Lipinski definition) is 1. The monoisotopic (exact) mass is 150 g/mol. The Balaban J connectivity index is 3.25. The highest BCUT2D eigenvalue weighted by atomic mass is 16.3. The van der Waals surface area contributed by atoms with E-state index in [-0.39, 0.29) is 6.61 Å².